The Bertz CT molecular complexity index is 385. The summed E-state index contributed by atoms with van der Waals surface area (Å²) in [7, 11) is 0. The molecule has 2 heteroatoms. The molecule has 0 unspecified atom stereocenters. The molecule has 0 atom stereocenters. The van der Waals surface area contributed by atoms with Crippen molar-refractivity contribution in [2.24, 2.45) is 0 Å². The van der Waals surface area contributed by atoms with Crippen molar-refractivity contribution in [3.63, 3.8) is 0 Å². The van der Waals surface area contributed by atoms with Gasteiger partial charge >= 0.3 is 0 Å². The monoisotopic (exact) mass is 222 g/mol. The average Bonchev–Trinajstić information content (AvgIpc) is 2.28. The molecule has 0 saturated heterocycles. The van der Waals surface area contributed by atoms with Gasteiger partial charge in [0, 0.05) is 12.0 Å². The van der Waals surface area contributed by atoms with Gasteiger partial charge in [-0.2, -0.15) is 0 Å². The molecule has 0 fully saturated rings. The van der Waals surface area contributed by atoms with Crippen molar-refractivity contribution >= 4 is 0 Å². The van der Waals surface area contributed by atoms with E-state index in [1.54, 1.807) is 0 Å². The van der Waals surface area contributed by atoms with Gasteiger partial charge in [-0.25, -0.2) is 8.78 Å². The van der Waals surface area contributed by atoms with Crippen LogP contribution in [-0.4, -0.2) is 0 Å². The normalized spacial score (nSPS) is 9.69. The quantitative estimate of drug-likeness (QED) is 0.526. The largest absolute Gasteiger partial charge is 0.204 e. The van der Waals surface area contributed by atoms with Crippen LogP contribution in [0.4, 0.5) is 8.78 Å². The lowest BCUT2D eigenvalue weighted by molar-refractivity contribution is 0.508. The second-order valence-corrected chi connectivity index (χ2v) is 3.74. The van der Waals surface area contributed by atoms with Gasteiger partial charge in [0.1, 0.15) is 0 Å². The number of benzene rings is 1. The van der Waals surface area contributed by atoms with E-state index in [1.807, 2.05) is 0 Å². The second-order valence-electron chi connectivity index (χ2n) is 3.74. The van der Waals surface area contributed by atoms with Crippen LogP contribution in [0.2, 0.25) is 0 Å². The Labute approximate surface area is 95.7 Å². The maximum Gasteiger partial charge on any atom is 0.160 e. The summed E-state index contributed by atoms with van der Waals surface area (Å²) >= 11 is 0. The minimum Gasteiger partial charge on any atom is -0.204 e. The molecule has 1 rings (SSSR count). The average molecular weight is 222 g/mol. The Morgan fingerprint density at radius 3 is 2.56 bits per heavy atom. The lowest BCUT2D eigenvalue weighted by atomic mass is 10.1. The van der Waals surface area contributed by atoms with Gasteiger partial charge in [0.05, 0.1) is 0 Å². The van der Waals surface area contributed by atoms with E-state index in [4.69, 9.17) is 0 Å². The van der Waals surface area contributed by atoms with Crippen LogP contribution in [0.3, 0.4) is 0 Å². The molecule has 1 aromatic rings. The highest BCUT2D eigenvalue weighted by Gasteiger charge is 1.99. The lowest BCUT2D eigenvalue weighted by Gasteiger charge is -1.94. The van der Waals surface area contributed by atoms with Crippen LogP contribution in [-0.2, 0) is 0 Å². The van der Waals surface area contributed by atoms with Crippen molar-refractivity contribution in [2.45, 2.75) is 39.0 Å². The first kappa shape index (κ1) is 12.7. The van der Waals surface area contributed by atoms with E-state index in [2.05, 4.69) is 18.8 Å². The standard InChI is InChI=1S/C14H16F2/c1-2-3-4-5-6-7-8-12-9-10-13(15)14(16)11-12/h9-11H,2-6H2,1H3. The maximum atomic E-state index is 12.8. The molecule has 0 N–H and O–H groups in total. The highest BCUT2D eigenvalue weighted by atomic mass is 19.2. The molecule has 0 aliphatic carbocycles. The Kier molecular flexibility index (Phi) is 5.56. The highest BCUT2D eigenvalue weighted by molar-refractivity contribution is 5.34. The number of halogens is 2. The van der Waals surface area contributed by atoms with E-state index in [0.717, 1.165) is 25.0 Å². The topological polar surface area (TPSA) is 0 Å². The fraction of sp³-hybridized carbons (Fsp3) is 0.429. The van der Waals surface area contributed by atoms with Crippen LogP contribution in [0.15, 0.2) is 18.2 Å². The summed E-state index contributed by atoms with van der Waals surface area (Å²) in [6, 6.07) is 3.74. The van der Waals surface area contributed by atoms with Crippen LogP contribution in [0.25, 0.3) is 0 Å². The van der Waals surface area contributed by atoms with Crippen molar-refractivity contribution in [3.05, 3.63) is 35.4 Å². The molecule has 86 valence electrons. The summed E-state index contributed by atoms with van der Waals surface area (Å²) in [6.45, 7) is 2.16. The first-order chi connectivity index (χ1) is 7.74. The molecule has 0 radical (unpaired) electrons. The third-order valence-electron chi connectivity index (χ3n) is 2.31. The predicted octanol–water partition coefficient (Wildman–Crippen LogP) is 4.29. The van der Waals surface area contributed by atoms with E-state index >= 15 is 0 Å². The summed E-state index contributed by atoms with van der Waals surface area (Å²) in [4.78, 5) is 0. The molecule has 0 saturated carbocycles. The molecule has 0 amide bonds. The van der Waals surface area contributed by atoms with Gasteiger partial charge in [0.2, 0.25) is 0 Å². The van der Waals surface area contributed by atoms with E-state index in [1.165, 1.54) is 25.3 Å². The summed E-state index contributed by atoms with van der Waals surface area (Å²) < 4.78 is 25.4. The molecule has 0 nitrogen and oxygen atoms in total. The van der Waals surface area contributed by atoms with E-state index < -0.39 is 11.6 Å². The van der Waals surface area contributed by atoms with Crippen molar-refractivity contribution in [1.82, 2.24) is 0 Å². The number of rotatable bonds is 4. The zero-order valence-corrected chi connectivity index (χ0v) is 9.52. The highest BCUT2D eigenvalue weighted by Crippen LogP contribution is 2.07. The summed E-state index contributed by atoms with van der Waals surface area (Å²) in [6.07, 6.45) is 5.51. The minimum absolute atomic E-state index is 0.536. The van der Waals surface area contributed by atoms with Gasteiger partial charge in [-0.15, -0.1) is 0 Å². The van der Waals surface area contributed by atoms with Crippen molar-refractivity contribution in [1.29, 1.82) is 0 Å². The molecule has 0 aliphatic heterocycles. The van der Waals surface area contributed by atoms with Crippen molar-refractivity contribution < 1.29 is 8.78 Å². The van der Waals surface area contributed by atoms with Gasteiger partial charge in [0.25, 0.3) is 0 Å². The SMILES string of the molecule is CCCCCCC#Cc1ccc(F)c(F)c1. The number of unbranched alkanes of at least 4 members (excludes halogenated alkanes) is 4. The van der Waals surface area contributed by atoms with Gasteiger partial charge in [-0.1, -0.05) is 38.0 Å². The van der Waals surface area contributed by atoms with Crippen LogP contribution in [0.5, 0.6) is 0 Å². The third kappa shape index (κ3) is 4.44. The molecule has 0 aliphatic rings. The molecule has 0 heterocycles. The predicted molar refractivity (Wildman–Crippen MR) is 62.0 cm³/mol. The van der Waals surface area contributed by atoms with Crippen LogP contribution in [0, 0.1) is 23.5 Å². The molecule has 0 bridgehead atoms. The molecule has 0 spiro atoms. The molecule has 0 aromatic heterocycles. The van der Waals surface area contributed by atoms with Gasteiger partial charge < -0.3 is 0 Å². The molecule has 1 aromatic carbocycles. The summed E-state index contributed by atoms with van der Waals surface area (Å²) in [5, 5.41) is 0. The molecule has 16 heavy (non-hydrogen) atoms. The second kappa shape index (κ2) is 7.00. The van der Waals surface area contributed by atoms with Gasteiger partial charge in [0.15, 0.2) is 11.6 Å². The van der Waals surface area contributed by atoms with Crippen molar-refractivity contribution in [3.8, 4) is 11.8 Å². The third-order valence-corrected chi connectivity index (χ3v) is 2.31. The Morgan fingerprint density at radius 2 is 1.88 bits per heavy atom. The van der Waals surface area contributed by atoms with Crippen molar-refractivity contribution in [2.75, 3.05) is 0 Å². The molecular weight excluding hydrogens is 206 g/mol. The Morgan fingerprint density at radius 1 is 1.06 bits per heavy atom. The van der Waals surface area contributed by atoms with Crippen LogP contribution < -0.4 is 0 Å². The van der Waals surface area contributed by atoms with Crippen LogP contribution in [0.1, 0.15) is 44.6 Å². The lowest BCUT2D eigenvalue weighted by Crippen LogP contribution is -1.84. The first-order valence-corrected chi connectivity index (χ1v) is 5.68. The van der Waals surface area contributed by atoms with Gasteiger partial charge in [-0.05, 0) is 24.6 Å². The zero-order chi connectivity index (χ0) is 11.8. The maximum absolute atomic E-state index is 12.8. The smallest absolute Gasteiger partial charge is 0.160 e. The summed E-state index contributed by atoms with van der Waals surface area (Å²) in [5.41, 5.74) is 0.536. The fourth-order valence-electron chi connectivity index (χ4n) is 1.38. The number of hydrogen-bond acceptors (Lipinski definition) is 0. The number of hydrogen-bond donors (Lipinski definition) is 0. The van der Waals surface area contributed by atoms with Gasteiger partial charge in [-0.3, -0.25) is 0 Å². The van der Waals surface area contributed by atoms with Crippen LogP contribution >= 0.6 is 0 Å². The first-order valence-electron chi connectivity index (χ1n) is 5.68. The zero-order valence-electron chi connectivity index (χ0n) is 9.52. The fourth-order valence-corrected chi connectivity index (χ4v) is 1.38. The van der Waals surface area contributed by atoms with E-state index in [-0.39, 0.29) is 0 Å². The summed E-state index contributed by atoms with van der Waals surface area (Å²) in [5.74, 6) is 4.14. The Hall–Kier alpha value is -1.36. The Balaban J connectivity index is 2.41. The minimum atomic E-state index is -0.835. The van der Waals surface area contributed by atoms with E-state index in [0.29, 0.717) is 5.56 Å². The molecular formula is C14H16F2. The van der Waals surface area contributed by atoms with E-state index in [9.17, 15) is 8.78 Å².